The van der Waals surface area contributed by atoms with Crippen LogP contribution in [0.5, 0.6) is 0 Å². The van der Waals surface area contributed by atoms with Crippen LogP contribution in [0.4, 0.5) is 0 Å². The first kappa shape index (κ1) is 77.1. The van der Waals surface area contributed by atoms with Crippen LogP contribution in [0.15, 0.2) is 72.9 Å². The van der Waals surface area contributed by atoms with Gasteiger partial charge in [-0.25, -0.2) is 0 Å². The molecule has 1 amide bonds. The van der Waals surface area contributed by atoms with E-state index in [0.29, 0.717) is 19.4 Å². The fourth-order valence-corrected chi connectivity index (χ4v) is 10.4. The fourth-order valence-electron chi connectivity index (χ4n) is 10.4. The second-order valence-electron chi connectivity index (χ2n) is 23.5. The molecule has 0 bridgehead atoms. The number of esters is 1. The Kier molecular flexibility index (Phi) is 56.2. The predicted octanol–water partition coefficient (Wildman–Crippen LogP) is 17.1. The first-order valence-electron chi connectivity index (χ1n) is 34.2. The summed E-state index contributed by atoms with van der Waals surface area (Å²) in [4.78, 5) is 25.1. The second-order valence-corrected chi connectivity index (χ2v) is 23.5. The third-order valence-corrected chi connectivity index (χ3v) is 15.8. The number of aliphatic hydroxyl groups excluding tert-OH is 5. The molecule has 11 nitrogen and oxygen atoms in total. The van der Waals surface area contributed by atoms with Crippen LogP contribution in [0, 0.1) is 0 Å². The molecule has 0 aliphatic carbocycles. The zero-order chi connectivity index (χ0) is 59.5. The number of amides is 1. The quantitative estimate of drug-likeness (QED) is 0.0195. The van der Waals surface area contributed by atoms with Gasteiger partial charge in [0.05, 0.1) is 32.0 Å². The number of carbonyl (C=O) groups excluding carboxylic acids is 2. The SMILES string of the molecule is C/C=C/CC/C=C/CC/C=C/C(O)C(COC1OC(CO)C(O)C(O)C1O)NC(=O)CCCCCCCCCCCCCCC/C=C\C/C=C\CCCCCCCCCCCOC(=O)CCCCCCC/C=C\CCCCCCCCC. The van der Waals surface area contributed by atoms with E-state index in [0.717, 1.165) is 70.6 Å². The summed E-state index contributed by atoms with van der Waals surface area (Å²) in [7, 11) is 0. The van der Waals surface area contributed by atoms with E-state index in [1.165, 1.54) is 205 Å². The first-order chi connectivity index (χ1) is 40.2. The highest BCUT2D eigenvalue weighted by Gasteiger charge is 2.44. The van der Waals surface area contributed by atoms with Crippen LogP contribution in [0.25, 0.3) is 0 Å². The van der Waals surface area contributed by atoms with Crippen molar-refractivity contribution in [3.8, 4) is 0 Å². The van der Waals surface area contributed by atoms with Crippen molar-refractivity contribution in [2.45, 2.75) is 346 Å². The molecule has 7 unspecified atom stereocenters. The van der Waals surface area contributed by atoms with Crippen LogP contribution in [0.2, 0.25) is 0 Å². The number of unbranched alkanes of at least 4 members (excludes halogenated alkanes) is 36. The first-order valence-corrected chi connectivity index (χ1v) is 34.2. The Morgan fingerprint density at radius 3 is 1.35 bits per heavy atom. The van der Waals surface area contributed by atoms with Crippen LogP contribution in [0.1, 0.15) is 303 Å². The van der Waals surface area contributed by atoms with E-state index in [1.807, 2.05) is 19.1 Å². The molecule has 0 aromatic rings. The topological polar surface area (TPSA) is 175 Å². The van der Waals surface area contributed by atoms with Gasteiger partial charge in [-0.05, 0) is 110 Å². The van der Waals surface area contributed by atoms with Gasteiger partial charge < -0.3 is 45.1 Å². The van der Waals surface area contributed by atoms with Crippen molar-refractivity contribution < 1.29 is 49.3 Å². The molecule has 7 atom stereocenters. The number of allylic oxidation sites excluding steroid dienone is 11. The van der Waals surface area contributed by atoms with E-state index in [2.05, 4.69) is 66.9 Å². The van der Waals surface area contributed by atoms with Gasteiger partial charge in [-0.2, -0.15) is 0 Å². The van der Waals surface area contributed by atoms with Crippen molar-refractivity contribution in [1.82, 2.24) is 5.32 Å². The van der Waals surface area contributed by atoms with Crippen LogP contribution < -0.4 is 5.32 Å². The van der Waals surface area contributed by atoms with E-state index in [-0.39, 0.29) is 18.5 Å². The van der Waals surface area contributed by atoms with Crippen LogP contribution in [0.3, 0.4) is 0 Å². The maximum absolute atomic E-state index is 13.0. The molecule has 0 saturated carbocycles. The lowest BCUT2D eigenvalue weighted by atomic mass is 9.99. The van der Waals surface area contributed by atoms with E-state index < -0.39 is 49.5 Å². The second kappa shape index (κ2) is 59.8. The molecule has 0 spiro atoms. The Balaban J connectivity index is 1.94. The Hall–Kier alpha value is -2.90. The third-order valence-electron chi connectivity index (χ3n) is 15.8. The number of rotatable bonds is 59. The molecular weight excluding hydrogens is 1030 g/mol. The van der Waals surface area contributed by atoms with Gasteiger partial charge in [-0.1, -0.05) is 253 Å². The molecule has 11 heteroatoms. The number of aliphatic hydroxyl groups is 5. The fraction of sp³-hybridized carbons (Fsp3) is 0.803. The minimum Gasteiger partial charge on any atom is -0.466 e. The predicted molar refractivity (Wildman–Crippen MR) is 343 cm³/mol. The molecule has 1 fully saturated rings. The zero-order valence-electron chi connectivity index (χ0n) is 52.7. The summed E-state index contributed by atoms with van der Waals surface area (Å²) in [5.41, 5.74) is 0. The minimum atomic E-state index is -1.58. The van der Waals surface area contributed by atoms with Crippen LogP contribution in [-0.4, -0.2) is 100 Å². The number of carbonyl (C=O) groups is 2. The van der Waals surface area contributed by atoms with Gasteiger partial charge in [0.1, 0.15) is 24.4 Å². The Morgan fingerprint density at radius 2 is 0.878 bits per heavy atom. The van der Waals surface area contributed by atoms with Crippen molar-refractivity contribution >= 4 is 11.9 Å². The van der Waals surface area contributed by atoms with Crippen molar-refractivity contribution in [3.63, 3.8) is 0 Å². The van der Waals surface area contributed by atoms with Gasteiger partial charge >= 0.3 is 5.97 Å². The monoisotopic (exact) mass is 1150 g/mol. The van der Waals surface area contributed by atoms with Gasteiger partial charge in [0.15, 0.2) is 6.29 Å². The highest BCUT2D eigenvalue weighted by molar-refractivity contribution is 5.76. The molecular formula is C71H127NO10. The molecule has 6 N–H and O–H groups in total. The summed E-state index contributed by atoms with van der Waals surface area (Å²) in [5, 5.41) is 54.2. The number of hydrogen-bond acceptors (Lipinski definition) is 10. The average molecular weight is 1150 g/mol. The maximum Gasteiger partial charge on any atom is 0.305 e. The normalized spacial score (nSPS) is 18.6. The summed E-state index contributed by atoms with van der Waals surface area (Å²) >= 11 is 0. The molecule has 1 heterocycles. The smallest absolute Gasteiger partial charge is 0.305 e. The van der Waals surface area contributed by atoms with Crippen LogP contribution >= 0.6 is 0 Å². The largest absolute Gasteiger partial charge is 0.466 e. The number of hydrogen-bond donors (Lipinski definition) is 6. The lowest BCUT2D eigenvalue weighted by Crippen LogP contribution is -2.60. The van der Waals surface area contributed by atoms with Crippen molar-refractivity contribution in [2.75, 3.05) is 19.8 Å². The molecule has 1 aliphatic rings. The van der Waals surface area contributed by atoms with E-state index in [4.69, 9.17) is 14.2 Å². The maximum atomic E-state index is 13.0. The van der Waals surface area contributed by atoms with Crippen molar-refractivity contribution in [1.29, 1.82) is 0 Å². The summed E-state index contributed by atoms with van der Waals surface area (Å²) in [6.45, 7) is 4.09. The third kappa shape index (κ3) is 48.3. The Bertz CT molecular complexity index is 1590. The molecule has 476 valence electrons. The summed E-state index contributed by atoms with van der Waals surface area (Å²) in [6.07, 6.45) is 70.7. The molecule has 0 aromatic carbocycles. The minimum absolute atomic E-state index is 0.00516. The van der Waals surface area contributed by atoms with Gasteiger partial charge in [0.2, 0.25) is 5.91 Å². The van der Waals surface area contributed by atoms with Gasteiger partial charge in [-0.15, -0.1) is 0 Å². The molecule has 1 saturated heterocycles. The highest BCUT2D eigenvalue weighted by Crippen LogP contribution is 2.23. The Labute approximate surface area is 502 Å². The van der Waals surface area contributed by atoms with Gasteiger partial charge in [0.25, 0.3) is 0 Å². The lowest BCUT2D eigenvalue weighted by Gasteiger charge is -2.40. The van der Waals surface area contributed by atoms with E-state index in [9.17, 15) is 35.1 Å². The zero-order valence-corrected chi connectivity index (χ0v) is 52.7. The van der Waals surface area contributed by atoms with E-state index in [1.54, 1.807) is 6.08 Å². The Morgan fingerprint density at radius 1 is 0.476 bits per heavy atom. The number of ether oxygens (including phenoxy) is 3. The number of nitrogens with one attached hydrogen (secondary N) is 1. The summed E-state index contributed by atoms with van der Waals surface area (Å²) < 4.78 is 16.7. The lowest BCUT2D eigenvalue weighted by molar-refractivity contribution is -0.302. The summed E-state index contributed by atoms with van der Waals surface area (Å²) in [6, 6.07) is -0.836. The molecule has 1 aliphatic heterocycles. The molecule has 82 heavy (non-hydrogen) atoms. The van der Waals surface area contributed by atoms with Crippen LogP contribution in [-0.2, 0) is 23.8 Å². The van der Waals surface area contributed by atoms with Crippen molar-refractivity contribution in [3.05, 3.63) is 72.9 Å². The summed E-state index contributed by atoms with van der Waals surface area (Å²) in [5.74, 6) is -0.206. The molecule has 0 radical (unpaired) electrons. The molecule has 0 aromatic heterocycles. The van der Waals surface area contributed by atoms with Crippen molar-refractivity contribution in [2.24, 2.45) is 0 Å². The standard InChI is InChI=1S/C71H127NO10/c1-3-5-7-9-11-13-14-15-16-33-36-39-43-47-51-55-59-67(76)80-60-56-52-48-44-40-37-34-31-29-27-25-23-21-19-17-18-20-22-24-26-28-30-32-35-38-42-46-50-54-58-66(75)72-63(64(74)57-53-49-45-41-12-10-8-6-4-2)62-81-71-70(79)69(78)68(77)65(61-73)82-71/h4,6,12,16-17,19,23,25,33,41,53,57,63-65,68-71,73-74,77-79H,3,5,7-11,13-15,18,20-22,24,26-32,34-40,42-52,54-56,58-62H2,1-2H3,(H,72,75)/b6-4+,19-17-,25-23-,33-16-,41-12+,57-53+. The van der Waals surface area contributed by atoms with E-state index >= 15 is 0 Å². The highest BCUT2D eigenvalue weighted by atomic mass is 16.7. The van der Waals surface area contributed by atoms with Gasteiger partial charge in [-0.3, -0.25) is 9.59 Å². The molecule has 1 rings (SSSR count). The average Bonchev–Trinajstić information content (AvgIpc) is 3.48. The van der Waals surface area contributed by atoms with Gasteiger partial charge in [0, 0.05) is 12.8 Å².